The molecule has 4 heteroatoms. The Labute approximate surface area is 145 Å². The van der Waals surface area contributed by atoms with E-state index in [1.165, 1.54) is 0 Å². The number of aromatic hydroxyl groups is 1. The van der Waals surface area contributed by atoms with Crippen molar-refractivity contribution in [2.24, 2.45) is 4.99 Å². The molecule has 0 spiro atoms. The Morgan fingerprint density at radius 3 is 2.32 bits per heavy atom. The first-order valence-corrected chi connectivity index (χ1v) is 8.06. The number of aliphatic imine (C=N–C) groups is 1. The number of anilines is 1. The highest BCUT2D eigenvalue weighted by Crippen LogP contribution is 2.33. The summed E-state index contributed by atoms with van der Waals surface area (Å²) in [6.45, 7) is 0.483. The number of carbonyl (C=O) groups is 1. The summed E-state index contributed by atoms with van der Waals surface area (Å²) >= 11 is 0. The minimum Gasteiger partial charge on any atom is -0.506 e. The monoisotopic (exact) mass is 328 g/mol. The average molecular weight is 328 g/mol. The van der Waals surface area contributed by atoms with Gasteiger partial charge in [0.05, 0.1) is 12.2 Å². The van der Waals surface area contributed by atoms with E-state index in [4.69, 9.17) is 0 Å². The van der Waals surface area contributed by atoms with Crippen LogP contribution in [-0.4, -0.2) is 16.7 Å². The summed E-state index contributed by atoms with van der Waals surface area (Å²) in [6, 6.07) is 24.2. The van der Waals surface area contributed by atoms with Crippen LogP contribution < -0.4 is 4.90 Å². The van der Waals surface area contributed by atoms with E-state index in [1.54, 1.807) is 29.2 Å². The first-order chi connectivity index (χ1) is 12.2. The molecule has 0 unspecified atom stereocenters. The fourth-order valence-electron chi connectivity index (χ4n) is 2.97. The predicted molar refractivity (Wildman–Crippen MR) is 98.4 cm³/mol. The molecule has 4 rings (SSSR count). The topological polar surface area (TPSA) is 52.9 Å². The van der Waals surface area contributed by atoms with Gasteiger partial charge in [0.25, 0.3) is 5.91 Å². The second kappa shape index (κ2) is 6.24. The van der Waals surface area contributed by atoms with E-state index < -0.39 is 0 Å². The molecule has 3 aromatic carbocycles. The third kappa shape index (κ3) is 2.78. The van der Waals surface area contributed by atoms with Crippen molar-refractivity contribution in [3.05, 3.63) is 90.0 Å². The fraction of sp³-hybridized carbons (Fsp3) is 0.0476. The van der Waals surface area contributed by atoms with Crippen LogP contribution in [0.4, 0.5) is 11.4 Å². The van der Waals surface area contributed by atoms with Gasteiger partial charge in [-0.25, -0.2) is 4.99 Å². The van der Waals surface area contributed by atoms with Crippen LogP contribution in [0.25, 0.3) is 0 Å². The second-order valence-corrected chi connectivity index (χ2v) is 5.84. The molecule has 4 nitrogen and oxygen atoms in total. The Bertz CT molecular complexity index is 964. The van der Waals surface area contributed by atoms with E-state index in [0.29, 0.717) is 17.9 Å². The van der Waals surface area contributed by atoms with Crippen molar-refractivity contribution in [1.29, 1.82) is 0 Å². The molecule has 0 saturated heterocycles. The SMILES string of the molecule is O=C1C(=Nc2ccccc2O)c2ccccc2N1Cc1ccccc1. The Kier molecular flexibility index (Phi) is 3.78. The lowest BCUT2D eigenvalue weighted by Gasteiger charge is -2.16. The third-order valence-electron chi connectivity index (χ3n) is 4.20. The molecule has 1 N–H and O–H groups in total. The van der Waals surface area contributed by atoms with Crippen LogP contribution in [-0.2, 0) is 11.3 Å². The van der Waals surface area contributed by atoms with Crippen molar-refractivity contribution in [3.63, 3.8) is 0 Å². The van der Waals surface area contributed by atoms with Crippen molar-refractivity contribution in [2.45, 2.75) is 6.54 Å². The summed E-state index contributed by atoms with van der Waals surface area (Å²) in [4.78, 5) is 19.2. The summed E-state index contributed by atoms with van der Waals surface area (Å²) in [5, 5.41) is 9.97. The number of fused-ring (bicyclic) bond motifs is 1. The predicted octanol–water partition coefficient (Wildman–Crippen LogP) is 4.06. The first kappa shape index (κ1) is 15.1. The summed E-state index contributed by atoms with van der Waals surface area (Å²) in [5.74, 6) is -0.102. The van der Waals surface area contributed by atoms with Crippen LogP contribution in [0.5, 0.6) is 5.75 Å². The van der Waals surface area contributed by atoms with E-state index in [2.05, 4.69) is 4.99 Å². The van der Waals surface area contributed by atoms with Crippen LogP contribution in [0, 0.1) is 0 Å². The number of benzene rings is 3. The smallest absolute Gasteiger partial charge is 0.277 e. The standard InChI is InChI=1S/C21H16N2O2/c24-19-13-7-5-11-17(19)22-20-16-10-4-6-12-18(16)23(21(20)25)14-15-8-2-1-3-9-15/h1-13,24H,14H2. The molecular formula is C21H16N2O2. The zero-order valence-electron chi connectivity index (χ0n) is 13.5. The number of nitrogens with zero attached hydrogens (tertiary/aromatic N) is 2. The van der Waals surface area contributed by atoms with Gasteiger partial charge in [0.1, 0.15) is 17.1 Å². The summed E-state index contributed by atoms with van der Waals surface area (Å²) in [5.41, 5.74) is 3.42. The average Bonchev–Trinajstić information content (AvgIpc) is 2.90. The van der Waals surface area contributed by atoms with E-state index in [0.717, 1.165) is 16.8 Å². The van der Waals surface area contributed by atoms with Crippen molar-refractivity contribution in [2.75, 3.05) is 4.90 Å². The van der Waals surface area contributed by atoms with Gasteiger partial charge < -0.3 is 10.0 Å². The van der Waals surface area contributed by atoms with Gasteiger partial charge in [0.15, 0.2) is 0 Å². The van der Waals surface area contributed by atoms with Crippen LogP contribution in [0.3, 0.4) is 0 Å². The molecule has 25 heavy (non-hydrogen) atoms. The number of carbonyl (C=O) groups excluding carboxylic acids is 1. The molecule has 1 heterocycles. The molecule has 0 atom stereocenters. The molecule has 0 saturated carbocycles. The lowest BCUT2D eigenvalue weighted by Crippen LogP contribution is -2.29. The fourth-order valence-corrected chi connectivity index (χ4v) is 2.97. The maximum atomic E-state index is 13.0. The first-order valence-electron chi connectivity index (χ1n) is 8.06. The molecule has 3 aromatic rings. The highest BCUT2D eigenvalue weighted by atomic mass is 16.3. The Balaban J connectivity index is 1.78. The number of amides is 1. The Hall–Kier alpha value is -3.40. The van der Waals surface area contributed by atoms with E-state index in [1.807, 2.05) is 54.6 Å². The second-order valence-electron chi connectivity index (χ2n) is 5.84. The van der Waals surface area contributed by atoms with Gasteiger partial charge in [-0.1, -0.05) is 60.7 Å². The molecule has 0 bridgehead atoms. The number of rotatable bonds is 3. The number of phenolic OH excluding ortho intramolecular Hbond substituents is 1. The maximum Gasteiger partial charge on any atom is 0.277 e. The van der Waals surface area contributed by atoms with Crippen molar-refractivity contribution >= 4 is 23.0 Å². The molecule has 0 radical (unpaired) electrons. The van der Waals surface area contributed by atoms with Gasteiger partial charge in [0, 0.05) is 5.56 Å². The molecule has 0 fully saturated rings. The summed E-state index contributed by atoms with van der Waals surface area (Å²) in [7, 11) is 0. The van der Waals surface area contributed by atoms with Crippen LogP contribution in [0.1, 0.15) is 11.1 Å². The molecule has 1 aliphatic heterocycles. The summed E-state index contributed by atoms with van der Waals surface area (Å²) in [6.07, 6.45) is 0. The quantitative estimate of drug-likeness (QED) is 0.788. The van der Waals surface area contributed by atoms with E-state index >= 15 is 0 Å². The van der Waals surface area contributed by atoms with Gasteiger partial charge in [0.2, 0.25) is 0 Å². The minimum absolute atomic E-state index is 0.0572. The van der Waals surface area contributed by atoms with Crippen LogP contribution in [0.2, 0.25) is 0 Å². The third-order valence-corrected chi connectivity index (χ3v) is 4.20. The van der Waals surface area contributed by atoms with Crippen molar-refractivity contribution in [3.8, 4) is 5.75 Å². The largest absolute Gasteiger partial charge is 0.506 e. The van der Waals surface area contributed by atoms with Crippen molar-refractivity contribution < 1.29 is 9.90 Å². The number of hydrogen-bond donors (Lipinski definition) is 1. The normalized spacial score (nSPS) is 14.8. The highest BCUT2D eigenvalue weighted by Gasteiger charge is 2.33. The molecule has 1 aliphatic rings. The van der Waals surface area contributed by atoms with Gasteiger partial charge in [-0.05, 0) is 23.8 Å². The molecule has 0 aliphatic carbocycles. The maximum absolute atomic E-state index is 13.0. The zero-order chi connectivity index (χ0) is 17.2. The van der Waals surface area contributed by atoms with Gasteiger partial charge in [-0.3, -0.25) is 4.79 Å². The minimum atomic E-state index is -0.159. The summed E-state index contributed by atoms with van der Waals surface area (Å²) < 4.78 is 0. The number of hydrogen-bond acceptors (Lipinski definition) is 3. The van der Waals surface area contributed by atoms with Gasteiger partial charge in [-0.15, -0.1) is 0 Å². The zero-order valence-corrected chi connectivity index (χ0v) is 13.5. The lowest BCUT2D eigenvalue weighted by atomic mass is 10.1. The van der Waals surface area contributed by atoms with Crippen LogP contribution in [0.15, 0.2) is 83.9 Å². The van der Waals surface area contributed by atoms with Gasteiger partial charge >= 0.3 is 0 Å². The lowest BCUT2D eigenvalue weighted by molar-refractivity contribution is -0.112. The molecule has 122 valence electrons. The Morgan fingerprint density at radius 1 is 0.840 bits per heavy atom. The highest BCUT2D eigenvalue weighted by molar-refractivity contribution is 6.54. The van der Waals surface area contributed by atoms with Crippen molar-refractivity contribution in [1.82, 2.24) is 0 Å². The van der Waals surface area contributed by atoms with Gasteiger partial charge in [-0.2, -0.15) is 0 Å². The number of para-hydroxylation sites is 3. The molecular weight excluding hydrogens is 312 g/mol. The van der Waals surface area contributed by atoms with Crippen LogP contribution >= 0.6 is 0 Å². The van der Waals surface area contributed by atoms with E-state index in [9.17, 15) is 9.90 Å². The van der Waals surface area contributed by atoms with E-state index in [-0.39, 0.29) is 11.7 Å². The molecule has 0 aromatic heterocycles. The number of phenols is 1. The Morgan fingerprint density at radius 2 is 1.52 bits per heavy atom. The molecule has 1 amide bonds.